The summed E-state index contributed by atoms with van der Waals surface area (Å²) in [6.45, 7) is 9.34. The minimum atomic E-state index is -4.80. The van der Waals surface area contributed by atoms with Gasteiger partial charge >= 0.3 is 6.18 Å². The molecular formula is C28H36F4N6O. The molecule has 1 N–H and O–H groups in total. The molecule has 3 aromatic heterocycles. The second-order valence-electron chi connectivity index (χ2n) is 10.9. The zero-order valence-corrected chi connectivity index (χ0v) is 22.6. The van der Waals surface area contributed by atoms with Gasteiger partial charge in [0.15, 0.2) is 5.82 Å². The number of anilines is 1. The molecule has 4 heterocycles. The second kappa shape index (κ2) is 11.3. The highest BCUT2D eigenvalue weighted by atomic mass is 19.4. The van der Waals surface area contributed by atoms with Gasteiger partial charge in [0.2, 0.25) is 0 Å². The lowest BCUT2D eigenvalue weighted by Crippen LogP contribution is -2.38. The lowest BCUT2D eigenvalue weighted by atomic mass is 9.91. The summed E-state index contributed by atoms with van der Waals surface area (Å²) in [5, 5.41) is 9.53. The van der Waals surface area contributed by atoms with E-state index in [1.807, 2.05) is 13.1 Å². The van der Waals surface area contributed by atoms with Crippen LogP contribution < -0.4 is 10.1 Å². The molecule has 7 nitrogen and oxygen atoms in total. The van der Waals surface area contributed by atoms with Crippen LogP contribution in [-0.2, 0) is 6.18 Å². The van der Waals surface area contributed by atoms with Gasteiger partial charge in [-0.2, -0.15) is 18.3 Å². The van der Waals surface area contributed by atoms with Crippen molar-refractivity contribution in [3.05, 3.63) is 41.6 Å². The monoisotopic (exact) mass is 548 g/mol. The first-order chi connectivity index (χ1) is 18.7. The molecule has 1 saturated carbocycles. The molecule has 5 rings (SSSR count). The Balaban J connectivity index is 1.34. The highest BCUT2D eigenvalue weighted by Crippen LogP contribution is 2.39. The van der Waals surface area contributed by atoms with Crippen LogP contribution in [0, 0.1) is 5.82 Å². The minimum absolute atomic E-state index is 0.105. The molecule has 0 bridgehead atoms. The van der Waals surface area contributed by atoms with Gasteiger partial charge in [-0.1, -0.05) is 0 Å². The summed E-state index contributed by atoms with van der Waals surface area (Å²) in [4.78, 5) is 10.9. The standard InChI is InChI=1S/C28H36F4N6O/c1-4-33-24-15-23-21(16-35-24)26(18-10-13-37(14-11-18)17(2)3)36-38(23)19-5-7-20(8-6-19)39-27-25(29)22(9-12-34-27)28(30,31)32/h9,12,15-20H,4-8,10-11,13-14H2,1-3H3,(H,33,35)/t19-,20+. The molecule has 212 valence electrons. The molecule has 11 heteroatoms. The van der Waals surface area contributed by atoms with Crippen LogP contribution in [0.25, 0.3) is 10.9 Å². The molecule has 1 saturated heterocycles. The Morgan fingerprint density at radius 3 is 2.44 bits per heavy atom. The normalized spacial score (nSPS) is 21.5. The van der Waals surface area contributed by atoms with Crippen molar-refractivity contribution in [3.63, 3.8) is 0 Å². The maximum atomic E-state index is 14.5. The number of pyridine rings is 2. The molecule has 3 aromatic rings. The first-order valence-electron chi connectivity index (χ1n) is 13.9. The van der Waals surface area contributed by atoms with Crippen molar-refractivity contribution in [3.8, 4) is 5.88 Å². The number of aromatic nitrogens is 4. The molecular weight excluding hydrogens is 512 g/mol. The van der Waals surface area contributed by atoms with E-state index in [4.69, 9.17) is 9.84 Å². The van der Waals surface area contributed by atoms with Crippen molar-refractivity contribution in [2.24, 2.45) is 0 Å². The van der Waals surface area contributed by atoms with Crippen molar-refractivity contribution < 1.29 is 22.3 Å². The fourth-order valence-electron chi connectivity index (χ4n) is 5.89. The van der Waals surface area contributed by atoms with Crippen LogP contribution in [0.4, 0.5) is 23.4 Å². The Morgan fingerprint density at radius 1 is 1.08 bits per heavy atom. The summed E-state index contributed by atoms with van der Waals surface area (Å²) in [5.41, 5.74) is 0.774. The van der Waals surface area contributed by atoms with Gasteiger partial charge < -0.3 is 15.0 Å². The SMILES string of the molecule is CCNc1cc2c(cn1)c(C1CCN(C(C)C)CC1)nn2[C@H]1CC[C@@H](Oc2nccc(C(F)(F)F)c2F)CC1. The third-order valence-electron chi connectivity index (χ3n) is 8.06. The first-order valence-corrected chi connectivity index (χ1v) is 13.9. The highest BCUT2D eigenvalue weighted by molar-refractivity contribution is 5.84. The third kappa shape index (κ3) is 5.83. The average molecular weight is 549 g/mol. The number of nitrogens with one attached hydrogen (secondary N) is 1. The fourth-order valence-corrected chi connectivity index (χ4v) is 5.89. The van der Waals surface area contributed by atoms with Crippen LogP contribution in [0.1, 0.15) is 82.5 Å². The maximum Gasteiger partial charge on any atom is 0.419 e. The summed E-state index contributed by atoms with van der Waals surface area (Å²) in [6, 6.07) is 3.32. The summed E-state index contributed by atoms with van der Waals surface area (Å²) < 4.78 is 61.5. The van der Waals surface area contributed by atoms with Gasteiger partial charge in [-0.3, -0.25) is 4.68 Å². The van der Waals surface area contributed by atoms with Crippen molar-refractivity contribution in [1.29, 1.82) is 0 Å². The number of alkyl halides is 3. The Hall–Kier alpha value is -2.95. The number of nitrogens with zero attached hydrogens (tertiary/aromatic N) is 5. The molecule has 2 fully saturated rings. The molecule has 1 aliphatic carbocycles. The van der Waals surface area contributed by atoms with Crippen LogP contribution in [0.5, 0.6) is 5.88 Å². The van der Waals surface area contributed by atoms with Gasteiger partial charge in [-0.25, -0.2) is 14.4 Å². The van der Waals surface area contributed by atoms with Crippen molar-refractivity contribution in [1.82, 2.24) is 24.6 Å². The van der Waals surface area contributed by atoms with Gasteiger partial charge in [0.1, 0.15) is 11.9 Å². The van der Waals surface area contributed by atoms with Crippen LogP contribution >= 0.6 is 0 Å². The average Bonchev–Trinajstić information content (AvgIpc) is 3.29. The van der Waals surface area contributed by atoms with Crippen LogP contribution in [0.15, 0.2) is 24.5 Å². The molecule has 0 atom stereocenters. The maximum absolute atomic E-state index is 14.5. The lowest BCUT2D eigenvalue weighted by Gasteiger charge is -2.34. The summed E-state index contributed by atoms with van der Waals surface area (Å²) in [7, 11) is 0. The Morgan fingerprint density at radius 2 is 1.79 bits per heavy atom. The smallest absolute Gasteiger partial charge is 0.419 e. The Kier molecular flexibility index (Phi) is 7.98. The summed E-state index contributed by atoms with van der Waals surface area (Å²) in [6.07, 6.45) is 2.32. The van der Waals surface area contributed by atoms with E-state index in [-0.39, 0.29) is 6.04 Å². The van der Waals surface area contributed by atoms with Gasteiger partial charge in [-0.15, -0.1) is 0 Å². The van der Waals surface area contributed by atoms with Crippen LogP contribution in [-0.4, -0.2) is 56.4 Å². The number of piperidine rings is 1. The van der Waals surface area contributed by atoms with E-state index in [1.165, 1.54) is 0 Å². The van der Waals surface area contributed by atoms with Crippen molar-refractivity contribution in [2.75, 3.05) is 25.0 Å². The van der Waals surface area contributed by atoms with E-state index in [9.17, 15) is 17.6 Å². The summed E-state index contributed by atoms with van der Waals surface area (Å²) in [5.74, 6) is -0.878. The lowest BCUT2D eigenvalue weighted by molar-refractivity contribution is -0.140. The van der Waals surface area contributed by atoms with Crippen molar-refractivity contribution in [2.45, 2.75) is 89.6 Å². The second-order valence-corrected chi connectivity index (χ2v) is 10.9. The van der Waals surface area contributed by atoms with Gasteiger partial charge in [0, 0.05) is 42.4 Å². The molecule has 0 spiro atoms. The molecule has 39 heavy (non-hydrogen) atoms. The van der Waals surface area contributed by atoms with E-state index in [0.29, 0.717) is 43.7 Å². The number of hydrogen-bond acceptors (Lipinski definition) is 6. The Bertz CT molecular complexity index is 1280. The number of hydrogen-bond donors (Lipinski definition) is 1. The molecule has 0 unspecified atom stereocenters. The van der Waals surface area contributed by atoms with Crippen LogP contribution in [0.3, 0.4) is 0 Å². The number of ether oxygens (including phenoxy) is 1. The van der Waals surface area contributed by atoms with E-state index < -0.39 is 29.5 Å². The molecule has 0 aromatic carbocycles. The van der Waals surface area contributed by atoms with Crippen LogP contribution in [0.2, 0.25) is 0 Å². The van der Waals surface area contributed by atoms with Gasteiger partial charge in [-0.05, 0) is 78.5 Å². The van der Waals surface area contributed by atoms with Crippen molar-refractivity contribution >= 4 is 16.7 Å². The highest BCUT2D eigenvalue weighted by Gasteiger charge is 2.37. The molecule has 2 aliphatic rings. The Labute approximate surface area is 225 Å². The van der Waals surface area contributed by atoms with E-state index in [0.717, 1.165) is 61.1 Å². The molecule has 1 aliphatic heterocycles. The van der Waals surface area contributed by atoms with Gasteiger partial charge in [0.25, 0.3) is 5.88 Å². The minimum Gasteiger partial charge on any atom is -0.472 e. The van der Waals surface area contributed by atoms with Gasteiger partial charge in [0.05, 0.1) is 22.8 Å². The topological polar surface area (TPSA) is 68.1 Å². The number of halogens is 4. The summed E-state index contributed by atoms with van der Waals surface area (Å²) >= 11 is 0. The van der Waals surface area contributed by atoms with E-state index in [2.05, 4.69) is 44.8 Å². The third-order valence-corrected chi connectivity index (χ3v) is 8.06. The quantitative estimate of drug-likeness (QED) is 0.337. The fraction of sp³-hybridized carbons (Fsp3) is 0.607. The van der Waals surface area contributed by atoms with E-state index >= 15 is 0 Å². The number of rotatable bonds is 7. The number of fused-ring (bicyclic) bond motifs is 1. The first kappa shape index (κ1) is 27.6. The zero-order chi connectivity index (χ0) is 27.7. The van der Waals surface area contributed by atoms with E-state index in [1.54, 1.807) is 0 Å². The predicted octanol–water partition coefficient (Wildman–Crippen LogP) is 6.57. The molecule has 0 amide bonds. The largest absolute Gasteiger partial charge is 0.472 e. The number of likely N-dealkylation sites (tertiary alicyclic amines) is 1. The molecule has 0 radical (unpaired) electrons. The predicted molar refractivity (Wildman–Crippen MR) is 141 cm³/mol. The zero-order valence-electron chi connectivity index (χ0n) is 22.6.